The predicted octanol–water partition coefficient (Wildman–Crippen LogP) is 4.14. The second-order valence-corrected chi connectivity index (χ2v) is 6.46. The van der Waals surface area contributed by atoms with E-state index in [4.69, 9.17) is 19.3 Å². The van der Waals surface area contributed by atoms with E-state index in [1.54, 1.807) is 0 Å². The smallest absolute Gasteiger partial charge is 0.0418 e. The number of fused-ring (bicyclic) bond motifs is 3. The Morgan fingerprint density at radius 2 is 0.667 bits per heavy atom. The molecule has 4 rings (SSSR count). The van der Waals surface area contributed by atoms with E-state index in [1.807, 2.05) is 54.6 Å². The minimum Gasteiger partial charge on any atom is -0.115 e. The Balaban J connectivity index is 2.05. The summed E-state index contributed by atoms with van der Waals surface area (Å²) in [4.78, 5) is 0. The van der Waals surface area contributed by atoms with Gasteiger partial charge in [-0.15, -0.1) is 19.3 Å². The largest absolute Gasteiger partial charge is 0.115 e. The topological polar surface area (TPSA) is 0 Å². The van der Waals surface area contributed by atoms with Crippen LogP contribution < -0.4 is 0 Å². The van der Waals surface area contributed by atoms with Crippen LogP contribution in [0.4, 0.5) is 0 Å². The highest BCUT2D eigenvalue weighted by Crippen LogP contribution is 2.16. The van der Waals surface area contributed by atoms with Crippen LogP contribution in [0.1, 0.15) is 50.1 Å². The molecule has 0 spiro atoms. The van der Waals surface area contributed by atoms with Crippen LogP contribution >= 0.6 is 0 Å². The molecule has 1 aliphatic rings. The van der Waals surface area contributed by atoms with Crippen LogP contribution in [0.2, 0.25) is 0 Å². The highest BCUT2D eigenvalue weighted by atomic mass is 14.1. The summed E-state index contributed by atoms with van der Waals surface area (Å²) in [6.07, 6.45) is 16.7. The normalized spacial score (nSPS) is 9.90. The van der Waals surface area contributed by atoms with Crippen LogP contribution in [-0.4, -0.2) is 0 Å². The lowest BCUT2D eigenvalue weighted by Crippen LogP contribution is -1.92. The van der Waals surface area contributed by atoms with Crippen molar-refractivity contribution in [3.8, 4) is 72.6 Å². The first-order valence-corrected chi connectivity index (χ1v) is 9.08. The van der Waals surface area contributed by atoms with Gasteiger partial charge in [0.1, 0.15) is 0 Å². The van der Waals surface area contributed by atoms with Crippen molar-refractivity contribution >= 4 is 0 Å². The number of hydrogen-bond donors (Lipinski definition) is 0. The Labute approximate surface area is 177 Å². The molecule has 30 heavy (non-hydrogen) atoms. The summed E-state index contributed by atoms with van der Waals surface area (Å²) in [7, 11) is 0. The first-order chi connectivity index (χ1) is 14.7. The van der Waals surface area contributed by atoms with E-state index in [9.17, 15) is 0 Å². The van der Waals surface area contributed by atoms with Crippen molar-refractivity contribution in [2.24, 2.45) is 0 Å². The Kier molecular flexibility index (Phi) is 4.87. The molecule has 0 unspecified atom stereocenters. The fourth-order valence-electron chi connectivity index (χ4n) is 2.94. The van der Waals surface area contributed by atoms with E-state index in [0.29, 0.717) is 0 Å². The molecule has 0 fully saturated rings. The average Bonchev–Trinajstić information content (AvgIpc) is 2.79. The summed E-state index contributed by atoms with van der Waals surface area (Å²) in [6.45, 7) is 0. The predicted molar refractivity (Wildman–Crippen MR) is 121 cm³/mol. The van der Waals surface area contributed by atoms with Crippen LogP contribution in [0, 0.1) is 72.6 Å². The van der Waals surface area contributed by atoms with Gasteiger partial charge in [0.25, 0.3) is 0 Å². The molecule has 3 aromatic rings. The Morgan fingerprint density at radius 3 is 0.933 bits per heavy atom. The Bertz CT molecular complexity index is 1520. The van der Waals surface area contributed by atoms with Crippen LogP contribution in [0.25, 0.3) is 0 Å². The molecule has 3 aromatic carbocycles. The maximum atomic E-state index is 5.57. The van der Waals surface area contributed by atoms with Gasteiger partial charge in [-0.05, 0) is 54.6 Å². The summed E-state index contributed by atoms with van der Waals surface area (Å²) in [5, 5.41) is 0. The average molecular weight is 372 g/mol. The number of hydrogen-bond acceptors (Lipinski definition) is 0. The van der Waals surface area contributed by atoms with Crippen LogP contribution in [0.5, 0.6) is 0 Å². The minimum absolute atomic E-state index is 0.740. The lowest BCUT2D eigenvalue weighted by atomic mass is 9.99. The maximum absolute atomic E-state index is 5.57. The molecule has 1 aliphatic carbocycles. The molecule has 0 amide bonds. The van der Waals surface area contributed by atoms with Gasteiger partial charge in [0, 0.05) is 50.1 Å². The number of benzene rings is 3. The Hall–Kier alpha value is -4.98. The third-order valence-electron chi connectivity index (χ3n) is 4.55. The van der Waals surface area contributed by atoms with E-state index in [0.717, 1.165) is 50.1 Å². The number of rotatable bonds is 0. The van der Waals surface area contributed by atoms with Gasteiger partial charge in [0.05, 0.1) is 0 Å². The van der Waals surface area contributed by atoms with Gasteiger partial charge in [-0.1, -0.05) is 53.3 Å². The molecule has 0 atom stereocenters. The molecule has 0 aliphatic heterocycles. The summed E-state index contributed by atoms with van der Waals surface area (Å²) >= 11 is 0. The third kappa shape index (κ3) is 3.69. The molecule has 0 bridgehead atoms. The van der Waals surface area contributed by atoms with Crippen molar-refractivity contribution in [1.29, 1.82) is 0 Å². The van der Waals surface area contributed by atoms with Gasteiger partial charge in [-0.3, -0.25) is 0 Å². The molecule has 0 aromatic heterocycles. The van der Waals surface area contributed by atoms with E-state index in [1.165, 1.54) is 0 Å². The van der Waals surface area contributed by atoms with Gasteiger partial charge in [-0.25, -0.2) is 0 Å². The van der Waals surface area contributed by atoms with E-state index in [-0.39, 0.29) is 0 Å². The molecule has 0 nitrogen and oxygen atoms in total. The van der Waals surface area contributed by atoms with Crippen molar-refractivity contribution in [3.05, 3.63) is 105 Å². The van der Waals surface area contributed by atoms with Crippen molar-refractivity contribution in [2.75, 3.05) is 0 Å². The van der Waals surface area contributed by atoms with Crippen LogP contribution in [0.15, 0.2) is 54.6 Å². The van der Waals surface area contributed by atoms with Crippen molar-refractivity contribution in [1.82, 2.24) is 0 Å². The van der Waals surface area contributed by atoms with E-state index >= 15 is 0 Å². The zero-order valence-electron chi connectivity index (χ0n) is 15.9. The van der Waals surface area contributed by atoms with Crippen LogP contribution in [-0.2, 0) is 0 Å². The first kappa shape index (κ1) is 18.4. The summed E-state index contributed by atoms with van der Waals surface area (Å²) in [5.41, 5.74) is 6.86. The summed E-state index contributed by atoms with van der Waals surface area (Å²) in [5.74, 6) is 27.1. The monoisotopic (exact) mass is 372 g/mol. The molecular formula is C30H12. The van der Waals surface area contributed by atoms with E-state index < -0.39 is 0 Å². The van der Waals surface area contributed by atoms with Gasteiger partial charge in [-0.2, -0.15) is 0 Å². The summed E-state index contributed by atoms with van der Waals surface area (Å²) in [6, 6.07) is 16.8. The zero-order chi connectivity index (χ0) is 20.9. The SMILES string of the molecule is C#Cc1ccc2c(c1)C#Cc1ccc(C#C)cc1C#Cc1cc(C#C)ccc1C#C2. The molecule has 132 valence electrons. The first-order valence-electron chi connectivity index (χ1n) is 9.08. The lowest BCUT2D eigenvalue weighted by molar-refractivity contribution is 1.51. The lowest BCUT2D eigenvalue weighted by Gasteiger charge is -2.03. The molecule has 0 saturated carbocycles. The van der Waals surface area contributed by atoms with Gasteiger partial charge in [0.2, 0.25) is 0 Å². The second-order valence-electron chi connectivity index (χ2n) is 6.46. The molecule has 0 radical (unpaired) electrons. The standard InChI is InChI=1S/C30H12/c1-4-22-7-10-25-13-14-26-11-8-23(5-2)20-29(26)17-18-30-21-24(6-3)9-12-27(30)15-16-28(25)19-22/h1-3,7-12,19-21H. The molecule has 0 saturated heterocycles. The number of terminal acetylenes is 3. The zero-order valence-corrected chi connectivity index (χ0v) is 15.9. The minimum atomic E-state index is 0.740. The quantitative estimate of drug-likeness (QED) is 0.407. The molecule has 0 heteroatoms. The van der Waals surface area contributed by atoms with Crippen molar-refractivity contribution < 1.29 is 0 Å². The van der Waals surface area contributed by atoms with Crippen molar-refractivity contribution in [2.45, 2.75) is 0 Å². The second kappa shape index (κ2) is 7.95. The fraction of sp³-hybridized carbons (Fsp3) is 0. The van der Waals surface area contributed by atoms with Gasteiger partial charge in [0.15, 0.2) is 0 Å². The summed E-state index contributed by atoms with van der Waals surface area (Å²) < 4.78 is 0. The van der Waals surface area contributed by atoms with Crippen molar-refractivity contribution in [3.63, 3.8) is 0 Å². The Morgan fingerprint density at radius 1 is 0.400 bits per heavy atom. The van der Waals surface area contributed by atoms with Gasteiger partial charge >= 0.3 is 0 Å². The molecular weight excluding hydrogens is 360 g/mol. The molecule has 0 heterocycles. The highest BCUT2D eigenvalue weighted by Gasteiger charge is 2.04. The maximum Gasteiger partial charge on any atom is 0.0418 e. The highest BCUT2D eigenvalue weighted by molar-refractivity contribution is 5.64. The van der Waals surface area contributed by atoms with Crippen LogP contribution in [0.3, 0.4) is 0 Å². The third-order valence-corrected chi connectivity index (χ3v) is 4.55. The molecule has 0 N–H and O–H groups in total. The fourth-order valence-corrected chi connectivity index (χ4v) is 2.94. The van der Waals surface area contributed by atoms with Gasteiger partial charge < -0.3 is 0 Å². The van der Waals surface area contributed by atoms with E-state index in [2.05, 4.69) is 53.3 Å².